The number of fused-ring (bicyclic) bond motifs is 1. The molecular formula is C25H29N3O2S. The number of carbonyl (C=O) groups is 2. The summed E-state index contributed by atoms with van der Waals surface area (Å²) in [6.07, 6.45) is 5.39. The summed E-state index contributed by atoms with van der Waals surface area (Å²) < 4.78 is 0. The van der Waals surface area contributed by atoms with Gasteiger partial charge in [0.1, 0.15) is 0 Å². The van der Waals surface area contributed by atoms with Crippen LogP contribution >= 0.6 is 11.8 Å². The zero-order valence-electron chi connectivity index (χ0n) is 17.9. The summed E-state index contributed by atoms with van der Waals surface area (Å²) in [4.78, 5) is 28.9. The molecule has 0 bridgehead atoms. The smallest absolute Gasteiger partial charge is 0.262 e. The second kappa shape index (κ2) is 10.2. The molecule has 0 spiro atoms. The molecule has 4 rings (SSSR count). The molecule has 0 saturated carbocycles. The van der Waals surface area contributed by atoms with E-state index in [2.05, 4.69) is 22.5 Å². The van der Waals surface area contributed by atoms with Crippen LogP contribution in [0.15, 0.2) is 58.3 Å². The minimum Gasteiger partial charge on any atom is -0.352 e. The maximum Gasteiger partial charge on any atom is 0.262 e. The fourth-order valence-corrected chi connectivity index (χ4v) is 4.83. The van der Waals surface area contributed by atoms with Crippen LogP contribution in [0.4, 0.5) is 5.69 Å². The molecule has 1 fully saturated rings. The van der Waals surface area contributed by atoms with Crippen molar-refractivity contribution in [3.05, 3.63) is 64.6 Å². The fourth-order valence-electron chi connectivity index (χ4n) is 3.88. The van der Waals surface area contributed by atoms with E-state index in [0.29, 0.717) is 17.0 Å². The van der Waals surface area contributed by atoms with E-state index >= 15 is 0 Å². The van der Waals surface area contributed by atoms with Gasteiger partial charge in [-0.2, -0.15) is 0 Å². The van der Waals surface area contributed by atoms with Crippen molar-refractivity contribution in [3.8, 4) is 0 Å². The Morgan fingerprint density at radius 2 is 1.90 bits per heavy atom. The van der Waals surface area contributed by atoms with E-state index in [4.69, 9.17) is 0 Å². The van der Waals surface area contributed by atoms with Gasteiger partial charge in [-0.25, -0.2) is 0 Å². The summed E-state index contributed by atoms with van der Waals surface area (Å²) in [5.41, 5.74) is 2.38. The molecule has 2 heterocycles. The third kappa shape index (κ3) is 5.77. The lowest BCUT2D eigenvalue weighted by molar-refractivity contribution is -0.112. The van der Waals surface area contributed by atoms with E-state index < -0.39 is 0 Å². The molecule has 0 aliphatic carbocycles. The molecule has 31 heavy (non-hydrogen) atoms. The fraction of sp³-hybridized carbons (Fsp3) is 0.360. The second-order valence-electron chi connectivity index (χ2n) is 8.32. The SMILES string of the molecule is CC1CCN(CCCNC(=O)c2ccc(/C=C3/Sc4ccccc4NC3=O)cc2)CC1. The van der Waals surface area contributed by atoms with Crippen molar-refractivity contribution in [1.29, 1.82) is 0 Å². The molecule has 162 valence electrons. The quantitative estimate of drug-likeness (QED) is 0.513. The Balaban J connectivity index is 1.27. The number of hydrogen-bond donors (Lipinski definition) is 2. The minimum absolute atomic E-state index is 0.0508. The molecule has 2 aliphatic heterocycles. The predicted molar refractivity (Wildman–Crippen MR) is 127 cm³/mol. The van der Waals surface area contributed by atoms with Crippen LogP contribution in [0.5, 0.6) is 0 Å². The van der Waals surface area contributed by atoms with Crippen LogP contribution in [0.25, 0.3) is 6.08 Å². The number of nitrogens with zero attached hydrogens (tertiary/aromatic N) is 1. The Morgan fingerprint density at radius 3 is 2.68 bits per heavy atom. The molecule has 6 heteroatoms. The van der Waals surface area contributed by atoms with Crippen LogP contribution in [0.2, 0.25) is 0 Å². The van der Waals surface area contributed by atoms with Gasteiger partial charge in [0.05, 0.1) is 10.6 Å². The Hall–Kier alpha value is -2.57. The van der Waals surface area contributed by atoms with Gasteiger partial charge in [-0.05, 0) is 80.7 Å². The molecule has 0 atom stereocenters. The summed E-state index contributed by atoms with van der Waals surface area (Å²) in [6.45, 7) is 6.40. The number of benzene rings is 2. The maximum atomic E-state index is 12.4. The lowest BCUT2D eigenvalue weighted by Gasteiger charge is -2.30. The van der Waals surface area contributed by atoms with Gasteiger partial charge in [-0.15, -0.1) is 0 Å². The van der Waals surface area contributed by atoms with E-state index in [1.807, 2.05) is 54.6 Å². The van der Waals surface area contributed by atoms with E-state index in [0.717, 1.165) is 35.0 Å². The first kappa shape index (κ1) is 21.7. The molecule has 2 N–H and O–H groups in total. The van der Waals surface area contributed by atoms with Crippen molar-refractivity contribution in [1.82, 2.24) is 10.2 Å². The second-order valence-corrected chi connectivity index (χ2v) is 9.40. The molecule has 2 aromatic carbocycles. The highest BCUT2D eigenvalue weighted by atomic mass is 32.2. The van der Waals surface area contributed by atoms with E-state index in [1.165, 1.54) is 37.7 Å². The monoisotopic (exact) mass is 435 g/mol. The number of likely N-dealkylation sites (tertiary alicyclic amines) is 1. The van der Waals surface area contributed by atoms with Gasteiger partial charge in [-0.1, -0.05) is 43.0 Å². The normalized spacial score (nSPS) is 18.5. The molecular weight excluding hydrogens is 406 g/mol. The van der Waals surface area contributed by atoms with Crippen molar-refractivity contribution in [2.24, 2.45) is 5.92 Å². The van der Waals surface area contributed by atoms with Crippen molar-refractivity contribution in [2.75, 3.05) is 31.5 Å². The summed E-state index contributed by atoms with van der Waals surface area (Å²) in [5, 5.41) is 5.94. The average molecular weight is 436 g/mol. The largest absolute Gasteiger partial charge is 0.352 e. The Labute approximate surface area is 188 Å². The lowest BCUT2D eigenvalue weighted by Crippen LogP contribution is -2.35. The Kier molecular flexibility index (Phi) is 7.10. The van der Waals surface area contributed by atoms with Crippen LogP contribution in [0, 0.1) is 5.92 Å². The van der Waals surface area contributed by atoms with Crippen LogP contribution in [-0.2, 0) is 4.79 Å². The number of thioether (sulfide) groups is 1. The van der Waals surface area contributed by atoms with Gasteiger partial charge in [0.2, 0.25) is 0 Å². The van der Waals surface area contributed by atoms with Crippen LogP contribution in [0.3, 0.4) is 0 Å². The third-order valence-electron chi connectivity index (χ3n) is 5.86. The van der Waals surface area contributed by atoms with Gasteiger partial charge in [0.15, 0.2) is 0 Å². The van der Waals surface area contributed by atoms with E-state index in [9.17, 15) is 9.59 Å². The number of piperidine rings is 1. The van der Waals surface area contributed by atoms with Gasteiger partial charge >= 0.3 is 0 Å². The number of carbonyl (C=O) groups excluding carboxylic acids is 2. The van der Waals surface area contributed by atoms with Gasteiger partial charge < -0.3 is 15.5 Å². The highest BCUT2D eigenvalue weighted by Crippen LogP contribution is 2.38. The lowest BCUT2D eigenvalue weighted by atomic mass is 9.99. The highest BCUT2D eigenvalue weighted by molar-refractivity contribution is 8.04. The first-order chi connectivity index (χ1) is 15.1. The summed E-state index contributed by atoms with van der Waals surface area (Å²) >= 11 is 1.46. The van der Waals surface area contributed by atoms with Crippen molar-refractivity contribution in [3.63, 3.8) is 0 Å². The number of anilines is 1. The number of para-hydroxylation sites is 1. The van der Waals surface area contributed by atoms with E-state index in [1.54, 1.807) is 0 Å². The zero-order valence-corrected chi connectivity index (χ0v) is 18.7. The third-order valence-corrected chi connectivity index (χ3v) is 6.96. The number of hydrogen-bond acceptors (Lipinski definition) is 4. The van der Waals surface area contributed by atoms with Crippen molar-refractivity contribution in [2.45, 2.75) is 31.1 Å². The summed E-state index contributed by atoms with van der Waals surface area (Å²) in [5.74, 6) is 0.690. The highest BCUT2D eigenvalue weighted by Gasteiger charge is 2.20. The van der Waals surface area contributed by atoms with Crippen LogP contribution in [0.1, 0.15) is 42.1 Å². The Bertz CT molecular complexity index is 963. The maximum absolute atomic E-state index is 12.4. The van der Waals surface area contributed by atoms with Gasteiger partial charge in [-0.3, -0.25) is 9.59 Å². The molecule has 0 radical (unpaired) electrons. The van der Waals surface area contributed by atoms with Crippen molar-refractivity contribution >= 4 is 35.3 Å². The molecule has 0 aromatic heterocycles. The predicted octanol–water partition coefficient (Wildman–Crippen LogP) is 4.62. The van der Waals surface area contributed by atoms with Crippen LogP contribution < -0.4 is 10.6 Å². The molecule has 0 unspecified atom stereocenters. The van der Waals surface area contributed by atoms with Crippen molar-refractivity contribution < 1.29 is 9.59 Å². The van der Waals surface area contributed by atoms with Crippen LogP contribution in [-0.4, -0.2) is 42.9 Å². The molecule has 2 aliphatic rings. The van der Waals surface area contributed by atoms with Gasteiger partial charge in [0.25, 0.3) is 11.8 Å². The van der Waals surface area contributed by atoms with E-state index in [-0.39, 0.29) is 11.8 Å². The van der Waals surface area contributed by atoms with Gasteiger partial charge in [0, 0.05) is 17.0 Å². The molecule has 5 nitrogen and oxygen atoms in total. The summed E-state index contributed by atoms with van der Waals surface area (Å²) in [6, 6.07) is 15.1. The molecule has 2 aromatic rings. The average Bonchev–Trinajstić information content (AvgIpc) is 2.79. The number of nitrogens with one attached hydrogen (secondary N) is 2. The summed E-state index contributed by atoms with van der Waals surface area (Å²) in [7, 11) is 0. The molecule has 2 amide bonds. The number of amides is 2. The Morgan fingerprint density at radius 1 is 1.16 bits per heavy atom. The zero-order chi connectivity index (χ0) is 21.6. The minimum atomic E-state index is -0.103. The first-order valence-corrected chi connectivity index (χ1v) is 11.8. The first-order valence-electron chi connectivity index (χ1n) is 11.0. The molecule has 1 saturated heterocycles. The number of rotatable bonds is 6. The standard InChI is InChI=1S/C25H29N3O2S/c1-18-11-15-28(16-12-18)14-4-13-26-24(29)20-9-7-19(8-10-20)17-23-25(30)27-21-5-2-3-6-22(21)31-23/h2-3,5-10,17-18H,4,11-16H2,1H3,(H,26,29)(H,27,30)/b23-17+. The topological polar surface area (TPSA) is 61.4 Å².